The lowest BCUT2D eigenvalue weighted by molar-refractivity contribution is 0.0354. The number of hydrogen-bond acceptors (Lipinski definition) is 3. The van der Waals surface area contributed by atoms with E-state index in [-0.39, 0.29) is 0 Å². The summed E-state index contributed by atoms with van der Waals surface area (Å²) in [5.74, 6) is 0. The monoisotopic (exact) mass is 225 g/mol. The lowest BCUT2D eigenvalue weighted by Gasteiger charge is -2.27. The van der Waals surface area contributed by atoms with Crippen LogP contribution in [0.15, 0.2) is 12.3 Å². The Morgan fingerprint density at radius 3 is 2.81 bits per heavy atom. The maximum atomic E-state index is 10.0. The van der Waals surface area contributed by atoms with Crippen LogP contribution in [0.3, 0.4) is 0 Å². The number of nitrogens with one attached hydrogen (secondary N) is 2. The average molecular weight is 225 g/mol. The predicted octanol–water partition coefficient (Wildman–Crippen LogP) is 1.83. The molecule has 2 atom stereocenters. The number of H-pyrrole nitrogens is 1. The van der Waals surface area contributed by atoms with E-state index in [1.807, 2.05) is 19.9 Å². The Morgan fingerprint density at radius 2 is 2.31 bits per heavy atom. The SMILES string of the molecule is CCC(CC(C)(O)CC)NCc1ccn[nH]1. The number of rotatable bonds is 7. The van der Waals surface area contributed by atoms with E-state index < -0.39 is 5.60 Å². The van der Waals surface area contributed by atoms with E-state index in [4.69, 9.17) is 0 Å². The summed E-state index contributed by atoms with van der Waals surface area (Å²) in [6.07, 6.45) is 4.34. The van der Waals surface area contributed by atoms with Gasteiger partial charge in [-0.15, -0.1) is 0 Å². The zero-order chi connectivity index (χ0) is 12.0. The molecule has 0 saturated heterocycles. The van der Waals surface area contributed by atoms with Crippen LogP contribution in [0.5, 0.6) is 0 Å². The first-order valence-corrected chi connectivity index (χ1v) is 6.01. The standard InChI is InChI=1S/C12H23N3O/c1-4-10(8-12(3,16)5-2)13-9-11-6-7-14-15-11/h6-7,10,13,16H,4-5,8-9H2,1-3H3,(H,14,15). The quantitative estimate of drug-likeness (QED) is 0.663. The van der Waals surface area contributed by atoms with Gasteiger partial charge < -0.3 is 10.4 Å². The topological polar surface area (TPSA) is 60.9 Å². The first kappa shape index (κ1) is 13.2. The van der Waals surface area contributed by atoms with Crippen molar-refractivity contribution in [2.45, 2.75) is 58.2 Å². The summed E-state index contributed by atoms with van der Waals surface area (Å²) in [6.45, 7) is 6.82. The Labute approximate surface area is 97.5 Å². The van der Waals surface area contributed by atoms with Crippen molar-refractivity contribution in [1.82, 2.24) is 15.5 Å². The third-order valence-corrected chi connectivity index (χ3v) is 3.08. The summed E-state index contributed by atoms with van der Waals surface area (Å²) in [6, 6.07) is 2.30. The van der Waals surface area contributed by atoms with Gasteiger partial charge in [0.2, 0.25) is 0 Å². The van der Waals surface area contributed by atoms with Crippen LogP contribution in [0.1, 0.15) is 45.7 Å². The molecule has 0 aromatic carbocycles. The van der Waals surface area contributed by atoms with Crippen LogP contribution in [-0.2, 0) is 6.54 Å². The van der Waals surface area contributed by atoms with E-state index in [9.17, 15) is 5.11 Å². The molecule has 0 aliphatic heterocycles. The van der Waals surface area contributed by atoms with Crippen molar-refractivity contribution in [1.29, 1.82) is 0 Å². The van der Waals surface area contributed by atoms with Crippen molar-refractivity contribution in [3.05, 3.63) is 18.0 Å². The molecule has 1 heterocycles. The van der Waals surface area contributed by atoms with Gasteiger partial charge in [-0.2, -0.15) is 5.10 Å². The van der Waals surface area contributed by atoms with E-state index in [1.54, 1.807) is 6.20 Å². The van der Waals surface area contributed by atoms with Crippen LogP contribution in [0.2, 0.25) is 0 Å². The molecule has 0 aliphatic carbocycles. The highest BCUT2D eigenvalue weighted by Gasteiger charge is 2.22. The summed E-state index contributed by atoms with van der Waals surface area (Å²) in [7, 11) is 0. The molecule has 1 rings (SSSR count). The van der Waals surface area contributed by atoms with Gasteiger partial charge in [0.15, 0.2) is 0 Å². The highest BCUT2D eigenvalue weighted by molar-refractivity contribution is 4.97. The van der Waals surface area contributed by atoms with Gasteiger partial charge >= 0.3 is 0 Å². The van der Waals surface area contributed by atoms with Crippen LogP contribution in [0.25, 0.3) is 0 Å². The molecule has 0 spiro atoms. The molecule has 4 nitrogen and oxygen atoms in total. The molecule has 0 amide bonds. The number of aromatic amines is 1. The maximum absolute atomic E-state index is 10.0. The van der Waals surface area contributed by atoms with Gasteiger partial charge in [0.1, 0.15) is 0 Å². The molecule has 0 aliphatic rings. The Balaban J connectivity index is 2.37. The fourth-order valence-corrected chi connectivity index (χ4v) is 1.67. The lowest BCUT2D eigenvalue weighted by atomic mass is 9.93. The van der Waals surface area contributed by atoms with Gasteiger partial charge in [0, 0.05) is 24.5 Å². The minimum atomic E-state index is -0.568. The highest BCUT2D eigenvalue weighted by atomic mass is 16.3. The molecule has 0 saturated carbocycles. The van der Waals surface area contributed by atoms with Gasteiger partial charge in [-0.3, -0.25) is 5.10 Å². The molecule has 4 heteroatoms. The van der Waals surface area contributed by atoms with Gasteiger partial charge in [0.05, 0.1) is 5.60 Å². The normalized spacial score (nSPS) is 17.0. The summed E-state index contributed by atoms with van der Waals surface area (Å²) < 4.78 is 0. The Morgan fingerprint density at radius 1 is 1.56 bits per heavy atom. The second kappa shape index (κ2) is 6.01. The zero-order valence-corrected chi connectivity index (χ0v) is 10.5. The van der Waals surface area contributed by atoms with Crippen LogP contribution < -0.4 is 5.32 Å². The third kappa shape index (κ3) is 4.33. The highest BCUT2D eigenvalue weighted by Crippen LogP contribution is 2.17. The Hall–Kier alpha value is -0.870. The smallest absolute Gasteiger partial charge is 0.0632 e. The van der Waals surface area contributed by atoms with E-state index in [0.29, 0.717) is 6.04 Å². The number of aliphatic hydroxyl groups is 1. The number of aromatic nitrogens is 2. The van der Waals surface area contributed by atoms with Gasteiger partial charge in [-0.05, 0) is 32.3 Å². The summed E-state index contributed by atoms with van der Waals surface area (Å²) in [5, 5.41) is 20.3. The lowest BCUT2D eigenvalue weighted by Crippen LogP contribution is -2.37. The Kier molecular flexibility index (Phi) is 4.96. The maximum Gasteiger partial charge on any atom is 0.0632 e. The molecule has 0 fully saturated rings. The second-order valence-corrected chi connectivity index (χ2v) is 4.62. The third-order valence-electron chi connectivity index (χ3n) is 3.08. The van der Waals surface area contributed by atoms with Crippen molar-refractivity contribution >= 4 is 0 Å². The molecule has 0 radical (unpaired) electrons. The van der Waals surface area contributed by atoms with Crippen molar-refractivity contribution in [3.8, 4) is 0 Å². The van der Waals surface area contributed by atoms with E-state index in [2.05, 4.69) is 22.4 Å². The van der Waals surface area contributed by atoms with Crippen LogP contribution in [0, 0.1) is 0 Å². The molecule has 0 bridgehead atoms. The van der Waals surface area contributed by atoms with Crippen LogP contribution in [-0.4, -0.2) is 26.9 Å². The van der Waals surface area contributed by atoms with Crippen molar-refractivity contribution in [3.63, 3.8) is 0 Å². The fourth-order valence-electron chi connectivity index (χ4n) is 1.67. The second-order valence-electron chi connectivity index (χ2n) is 4.62. The minimum Gasteiger partial charge on any atom is -0.390 e. The van der Waals surface area contributed by atoms with Gasteiger partial charge in [-0.25, -0.2) is 0 Å². The molecule has 1 aromatic rings. The fraction of sp³-hybridized carbons (Fsp3) is 0.750. The molecule has 1 aromatic heterocycles. The van der Waals surface area contributed by atoms with Gasteiger partial charge in [-0.1, -0.05) is 13.8 Å². The van der Waals surface area contributed by atoms with Crippen molar-refractivity contribution in [2.24, 2.45) is 0 Å². The van der Waals surface area contributed by atoms with Crippen molar-refractivity contribution in [2.75, 3.05) is 0 Å². The van der Waals surface area contributed by atoms with E-state index >= 15 is 0 Å². The first-order chi connectivity index (χ1) is 7.57. The molecule has 92 valence electrons. The largest absolute Gasteiger partial charge is 0.390 e. The minimum absolute atomic E-state index is 0.346. The van der Waals surface area contributed by atoms with Crippen LogP contribution >= 0.6 is 0 Å². The Bertz CT molecular complexity index is 282. The van der Waals surface area contributed by atoms with E-state index in [1.165, 1.54) is 0 Å². The molecular formula is C12H23N3O. The molecule has 3 N–H and O–H groups in total. The summed E-state index contributed by atoms with van der Waals surface area (Å²) in [5.41, 5.74) is 0.511. The summed E-state index contributed by atoms with van der Waals surface area (Å²) >= 11 is 0. The molecule has 16 heavy (non-hydrogen) atoms. The zero-order valence-electron chi connectivity index (χ0n) is 10.5. The van der Waals surface area contributed by atoms with Gasteiger partial charge in [0.25, 0.3) is 0 Å². The number of hydrogen-bond donors (Lipinski definition) is 3. The van der Waals surface area contributed by atoms with Crippen molar-refractivity contribution < 1.29 is 5.11 Å². The van der Waals surface area contributed by atoms with E-state index in [0.717, 1.165) is 31.5 Å². The van der Waals surface area contributed by atoms with Crippen LogP contribution in [0.4, 0.5) is 0 Å². The summed E-state index contributed by atoms with van der Waals surface area (Å²) in [4.78, 5) is 0. The average Bonchev–Trinajstić information content (AvgIpc) is 2.77. The first-order valence-electron chi connectivity index (χ1n) is 6.01. The number of nitrogens with zero attached hydrogens (tertiary/aromatic N) is 1. The molecular weight excluding hydrogens is 202 g/mol. The predicted molar refractivity (Wildman–Crippen MR) is 65.0 cm³/mol. The molecule has 2 unspecified atom stereocenters.